The molecule has 0 amide bonds. The van der Waals surface area contributed by atoms with Crippen LogP contribution in [0.25, 0.3) is 0 Å². The number of hydrogen-bond acceptors (Lipinski definition) is 2. The molecule has 16 heavy (non-hydrogen) atoms. The van der Waals surface area contributed by atoms with Crippen LogP contribution in [-0.2, 0) is 19.9 Å². The Labute approximate surface area is 98.0 Å². The molecule has 0 aliphatic heterocycles. The Morgan fingerprint density at radius 2 is 2.19 bits per heavy atom. The van der Waals surface area contributed by atoms with Crippen LogP contribution in [0, 0.1) is 5.92 Å². The Hall–Kier alpha value is -0.830. The van der Waals surface area contributed by atoms with Gasteiger partial charge in [-0.15, -0.1) is 0 Å². The largest absolute Gasteiger partial charge is 0.327 e. The van der Waals surface area contributed by atoms with Crippen molar-refractivity contribution >= 4 is 0 Å². The first-order chi connectivity index (χ1) is 7.70. The summed E-state index contributed by atoms with van der Waals surface area (Å²) >= 11 is 0. The molecule has 2 unspecified atom stereocenters. The van der Waals surface area contributed by atoms with Gasteiger partial charge in [-0.3, -0.25) is 4.68 Å². The van der Waals surface area contributed by atoms with E-state index in [1.54, 1.807) is 0 Å². The first-order valence-electron chi connectivity index (χ1n) is 6.48. The number of rotatable bonds is 3. The summed E-state index contributed by atoms with van der Waals surface area (Å²) in [6.07, 6.45) is 7.26. The maximum Gasteiger partial charge on any atom is 0.0624 e. The highest BCUT2D eigenvalue weighted by Crippen LogP contribution is 2.26. The average Bonchev–Trinajstić information content (AvgIpc) is 2.63. The predicted octanol–water partition coefficient (Wildman–Crippen LogP) is 2.04. The number of nitrogens with two attached hydrogens (primary N) is 1. The molecule has 2 rings (SSSR count). The lowest BCUT2D eigenvalue weighted by atomic mass is 9.82. The zero-order chi connectivity index (χ0) is 11.5. The van der Waals surface area contributed by atoms with Gasteiger partial charge in [0.1, 0.15) is 0 Å². The SMILES string of the molecule is CCc1cc(CC2CCCCC2N)n(C)n1. The molecule has 2 N–H and O–H groups in total. The summed E-state index contributed by atoms with van der Waals surface area (Å²) in [6, 6.07) is 2.63. The Morgan fingerprint density at radius 1 is 1.44 bits per heavy atom. The Bertz CT molecular complexity index is 343. The van der Waals surface area contributed by atoms with E-state index in [0.29, 0.717) is 12.0 Å². The molecule has 1 saturated carbocycles. The monoisotopic (exact) mass is 221 g/mol. The fourth-order valence-corrected chi connectivity index (χ4v) is 2.69. The fourth-order valence-electron chi connectivity index (χ4n) is 2.69. The third-order valence-corrected chi connectivity index (χ3v) is 3.83. The molecule has 0 aromatic carbocycles. The van der Waals surface area contributed by atoms with E-state index < -0.39 is 0 Å². The first kappa shape index (κ1) is 11.6. The fraction of sp³-hybridized carbons (Fsp3) is 0.769. The maximum atomic E-state index is 6.19. The molecule has 1 fully saturated rings. The maximum absolute atomic E-state index is 6.19. The molecule has 0 radical (unpaired) electrons. The third kappa shape index (κ3) is 2.46. The highest BCUT2D eigenvalue weighted by atomic mass is 15.3. The third-order valence-electron chi connectivity index (χ3n) is 3.83. The minimum Gasteiger partial charge on any atom is -0.327 e. The number of hydrogen-bond donors (Lipinski definition) is 1. The molecule has 1 aliphatic rings. The Balaban J connectivity index is 2.04. The van der Waals surface area contributed by atoms with E-state index >= 15 is 0 Å². The van der Waals surface area contributed by atoms with Crippen LogP contribution >= 0.6 is 0 Å². The molecule has 3 heteroatoms. The smallest absolute Gasteiger partial charge is 0.0624 e. The predicted molar refractivity (Wildman–Crippen MR) is 66.2 cm³/mol. The van der Waals surface area contributed by atoms with Gasteiger partial charge in [-0.2, -0.15) is 5.10 Å². The minimum absolute atomic E-state index is 0.397. The van der Waals surface area contributed by atoms with Crippen LogP contribution in [0.1, 0.15) is 44.0 Å². The van der Waals surface area contributed by atoms with Crippen molar-refractivity contribution in [3.8, 4) is 0 Å². The lowest BCUT2D eigenvalue weighted by molar-refractivity contribution is 0.302. The van der Waals surface area contributed by atoms with Crippen molar-refractivity contribution in [2.45, 2.75) is 51.5 Å². The van der Waals surface area contributed by atoms with Crippen LogP contribution in [0.5, 0.6) is 0 Å². The summed E-state index contributed by atoms with van der Waals surface area (Å²) in [7, 11) is 2.04. The first-order valence-corrected chi connectivity index (χ1v) is 6.48. The van der Waals surface area contributed by atoms with Crippen molar-refractivity contribution in [3.63, 3.8) is 0 Å². The summed E-state index contributed by atoms with van der Waals surface area (Å²) < 4.78 is 2.03. The van der Waals surface area contributed by atoms with Gasteiger partial charge in [-0.05, 0) is 37.7 Å². The van der Waals surface area contributed by atoms with Gasteiger partial charge in [-0.1, -0.05) is 19.8 Å². The van der Waals surface area contributed by atoms with E-state index in [2.05, 4.69) is 18.1 Å². The van der Waals surface area contributed by atoms with Crippen LogP contribution in [0.15, 0.2) is 6.07 Å². The van der Waals surface area contributed by atoms with Crippen molar-refractivity contribution in [1.82, 2.24) is 9.78 Å². The molecule has 3 nitrogen and oxygen atoms in total. The van der Waals surface area contributed by atoms with Crippen LogP contribution in [-0.4, -0.2) is 15.8 Å². The van der Waals surface area contributed by atoms with Gasteiger partial charge in [0.25, 0.3) is 0 Å². The van der Waals surface area contributed by atoms with Gasteiger partial charge in [0, 0.05) is 18.8 Å². The van der Waals surface area contributed by atoms with Gasteiger partial charge in [-0.25, -0.2) is 0 Å². The highest BCUT2D eigenvalue weighted by Gasteiger charge is 2.23. The molecule has 0 saturated heterocycles. The molecule has 1 aliphatic carbocycles. The minimum atomic E-state index is 0.397. The van der Waals surface area contributed by atoms with Crippen molar-refractivity contribution < 1.29 is 0 Å². The lowest BCUT2D eigenvalue weighted by Crippen LogP contribution is -2.34. The Kier molecular flexibility index (Phi) is 3.64. The zero-order valence-corrected chi connectivity index (χ0v) is 10.4. The number of nitrogens with zero attached hydrogens (tertiary/aromatic N) is 2. The molecular formula is C13H23N3. The zero-order valence-electron chi connectivity index (χ0n) is 10.4. The molecule has 1 heterocycles. The van der Waals surface area contributed by atoms with Gasteiger partial charge in [0.05, 0.1) is 5.69 Å². The summed E-state index contributed by atoms with van der Waals surface area (Å²) in [4.78, 5) is 0. The summed E-state index contributed by atoms with van der Waals surface area (Å²) in [5.41, 5.74) is 8.73. The topological polar surface area (TPSA) is 43.8 Å². The molecule has 0 spiro atoms. The molecule has 1 aromatic rings. The van der Waals surface area contributed by atoms with Gasteiger partial charge >= 0.3 is 0 Å². The second-order valence-electron chi connectivity index (χ2n) is 5.02. The molecular weight excluding hydrogens is 198 g/mol. The van der Waals surface area contributed by atoms with Crippen molar-refractivity contribution in [3.05, 3.63) is 17.5 Å². The second kappa shape index (κ2) is 5.00. The van der Waals surface area contributed by atoms with Crippen LogP contribution in [0.2, 0.25) is 0 Å². The molecule has 0 bridgehead atoms. The normalized spacial score (nSPS) is 25.9. The van der Waals surface area contributed by atoms with Crippen molar-refractivity contribution in [1.29, 1.82) is 0 Å². The molecule has 2 atom stereocenters. The van der Waals surface area contributed by atoms with E-state index in [1.165, 1.54) is 37.1 Å². The van der Waals surface area contributed by atoms with E-state index in [9.17, 15) is 0 Å². The van der Waals surface area contributed by atoms with Crippen LogP contribution < -0.4 is 5.73 Å². The quantitative estimate of drug-likeness (QED) is 0.849. The second-order valence-corrected chi connectivity index (χ2v) is 5.02. The van der Waals surface area contributed by atoms with Gasteiger partial charge in [0.15, 0.2) is 0 Å². The van der Waals surface area contributed by atoms with Crippen molar-refractivity contribution in [2.75, 3.05) is 0 Å². The van der Waals surface area contributed by atoms with Crippen LogP contribution in [0.3, 0.4) is 0 Å². The van der Waals surface area contributed by atoms with E-state index in [1.807, 2.05) is 11.7 Å². The van der Waals surface area contributed by atoms with Gasteiger partial charge in [0.2, 0.25) is 0 Å². The Morgan fingerprint density at radius 3 is 2.81 bits per heavy atom. The van der Waals surface area contributed by atoms with Crippen molar-refractivity contribution in [2.24, 2.45) is 18.7 Å². The number of aromatic nitrogens is 2. The highest BCUT2D eigenvalue weighted by molar-refractivity contribution is 5.11. The van der Waals surface area contributed by atoms with E-state index in [4.69, 9.17) is 5.73 Å². The molecule has 1 aromatic heterocycles. The van der Waals surface area contributed by atoms with E-state index in [-0.39, 0.29) is 0 Å². The summed E-state index contributed by atoms with van der Waals surface area (Å²) in [5, 5.41) is 4.50. The molecule has 90 valence electrons. The lowest BCUT2D eigenvalue weighted by Gasteiger charge is -2.28. The van der Waals surface area contributed by atoms with Gasteiger partial charge < -0.3 is 5.73 Å². The summed E-state index contributed by atoms with van der Waals surface area (Å²) in [5.74, 6) is 0.661. The summed E-state index contributed by atoms with van der Waals surface area (Å²) in [6.45, 7) is 2.15. The standard InChI is InChI=1S/C13H23N3/c1-3-11-9-12(16(2)15-11)8-10-6-4-5-7-13(10)14/h9-10,13H,3-8,14H2,1-2H3. The van der Waals surface area contributed by atoms with E-state index in [0.717, 1.165) is 12.8 Å². The average molecular weight is 221 g/mol. The number of aryl methyl sites for hydroxylation is 2. The van der Waals surface area contributed by atoms with Crippen LogP contribution in [0.4, 0.5) is 0 Å².